The SMILES string of the molecule is COc1ccc(CCNC(=O)/C(C#N)=C\Nc2ccc(Cl)cc2Cl)cc1OC. The van der Waals surface area contributed by atoms with Gasteiger partial charge in [0.25, 0.3) is 5.91 Å². The first-order valence-corrected chi connectivity index (χ1v) is 9.05. The third-order valence-electron chi connectivity index (χ3n) is 3.82. The lowest BCUT2D eigenvalue weighted by molar-refractivity contribution is -0.117. The number of hydrogen-bond acceptors (Lipinski definition) is 5. The number of carbonyl (C=O) groups is 1. The topological polar surface area (TPSA) is 83.4 Å². The van der Waals surface area contributed by atoms with E-state index < -0.39 is 5.91 Å². The lowest BCUT2D eigenvalue weighted by Gasteiger charge is -2.10. The molecule has 0 radical (unpaired) electrons. The molecule has 1 amide bonds. The quantitative estimate of drug-likeness (QED) is 0.494. The van der Waals surface area contributed by atoms with Crippen LogP contribution in [0.3, 0.4) is 0 Å². The van der Waals surface area contributed by atoms with Crippen molar-refractivity contribution in [2.24, 2.45) is 0 Å². The van der Waals surface area contributed by atoms with Crippen LogP contribution in [0, 0.1) is 11.3 Å². The second-order valence-corrected chi connectivity index (χ2v) is 6.48. The van der Waals surface area contributed by atoms with Gasteiger partial charge in [0, 0.05) is 17.8 Å². The minimum atomic E-state index is -0.486. The van der Waals surface area contributed by atoms with E-state index in [0.29, 0.717) is 40.2 Å². The maximum absolute atomic E-state index is 12.2. The summed E-state index contributed by atoms with van der Waals surface area (Å²) in [6, 6.07) is 12.3. The number of nitrogens with zero attached hydrogens (tertiary/aromatic N) is 1. The molecule has 0 aliphatic heterocycles. The summed E-state index contributed by atoms with van der Waals surface area (Å²) in [5, 5.41) is 15.7. The van der Waals surface area contributed by atoms with E-state index in [-0.39, 0.29) is 5.57 Å². The molecule has 0 aliphatic rings. The summed E-state index contributed by atoms with van der Waals surface area (Å²) in [5.74, 6) is 0.769. The van der Waals surface area contributed by atoms with E-state index in [1.54, 1.807) is 38.5 Å². The van der Waals surface area contributed by atoms with Crippen LogP contribution in [0.2, 0.25) is 10.0 Å². The first-order valence-electron chi connectivity index (χ1n) is 8.29. The number of rotatable bonds is 8. The largest absolute Gasteiger partial charge is 0.493 e. The van der Waals surface area contributed by atoms with Crippen molar-refractivity contribution in [2.75, 3.05) is 26.1 Å². The standard InChI is InChI=1S/C20H19Cl2N3O3/c1-27-18-6-3-13(9-19(18)28-2)7-8-24-20(26)14(11-23)12-25-17-5-4-15(21)10-16(17)22/h3-6,9-10,12,25H,7-8H2,1-2H3,(H,24,26)/b14-12-. The highest BCUT2D eigenvalue weighted by molar-refractivity contribution is 6.36. The number of methoxy groups -OCH3 is 2. The van der Waals surface area contributed by atoms with Crippen molar-refractivity contribution in [3.63, 3.8) is 0 Å². The summed E-state index contributed by atoms with van der Waals surface area (Å²) in [4.78, 5) is 12.2. The van der Waals surface area contributed by atoms with Crippen molar-refractivity contribution in [3.05, 3.63) is 63.8 Å². The molecule has 0 aromatic heterocycles. The Bertz CT molecular complexity index is 923. The highest BCUT2D eigenvalue weighted by Gasteiger charge is 2.10. The minimum absolute atomic E-state index is 0.0710. The second kappa shape index (κ2) is 10.5. The van der Waals surface area contributed by atoms with Gasteiger partial charge in [0.1, 0.15) is 11.6 Å². The molecule has 2 rings (SSSR count). The Kier molecular flexibility index (Phi) is 8.00. The number of nitrogens with one attached hydrogen (secondary N) is 2. The fourth-order valence-electron chi connectivity index (χ4n) is 2.36. The van der Waals surface area contributed by atoms with E-state index in [4.69, 9.17) is 32.7 Å². The summed E-state index contributed by atoms with van der Waals surface area (Å²) >= 11 is 11.9. The van der Waals surface area contributed by atoms with Crippen LogP contribution in [-0.4, -0.2) is 26.7 Å². The first-order chi connectivity index (χ1) is 13.5. The monoisotopic (exact) mass is 419 g/mol. The van der Waals surface area contributed by atoms with Gasteiger partial charge in [-0.25, -0.2) is 0 Å². The molecule has 146 valence electrons. The first kappa shape index (κ1) is 21.4. The van der Waals surface area contributed by atoms with Crippen molar-refractivity contribution < 1.29 is 14.3 Å². The predicted octanol–water partition coefficient (Wildman–Crippen LogP) is 4.19. The van der Waals surface area contributed by atoms with Gasteiger partial charge in [-0.1, -0.05) is 29.3 Å². The van der Waals surface area contributed by atoms with Crippen LogP contribution < -0.4 is 20.1 Å². The molecule has 2 aromatic rings. The van der Waals surface area contributed by atoms with Crippen LogP contribution in [0.5, 0.6) is 11.5 Å². The van der Waals surface area contributed by atoms with E-state index in [1.807, 2.05) is 18.2 Å². The van der Waals surface area contributed by atoms with Crippen LogP contribution in [0.1, 0.15) is 5.56 Å². The Morgan fingerprint density at radius 1 is 1.14 bits per heavy atom. The smallest absolute Gasteiger partial charge is 0.263 e. The summed E-state index contributed by atoms with van der Waals surface area (Å²) in [5.41, 5.74) is 1.43. The van der Waals surface area contributed by atoms with Gasteiger partial charge in [-0.2, -0.15) is 5.26 Å². The molecule has 0 unspecified atom stereocenters. The molecule has 0 spiro atoms. The number of halogens is 2. The average molecular weight is 420 g/mol. The molecular weight excluding hydrogens is 401 g/mol. The Labute approximate surface area is 173 Å². The Morgan fingerprint density at radius 2 is 1.89 bits per heavy atom. The summed E-state index contributed by atoms with van der Waals surface area (Å²) in [6.07, 6.45) is 1.88. The number of benzene rings is 2. The van der Waals surface area contributed by atoms with Gasteiger partial charge in [0.05, 0.1) is 24.9 Å². The van der Waals surface area contributed by atoms with Gasteiger partial charge in [-0.15, -0.1) is 0 Å². The van der Waals surface area contributed by atoms with Crippen molar-refractivity contribution in [1.82, 2.24) is 5.32 Å². The predicted molar refractivity (Wildman–Crippen MR) is 110 cm³/mol. The summed E-state index contributed by atoms with van der Waals surface area (Å²) in [7, 11) is 3.13. The fourth-order valence-corrected chi connectivity index (χ4v) is 2.82. The zero-order chi connectivity index (χ0) is 20.5. The summed E-state index contributed by atoms with van der Waals surface area (Å²) < 4.78 is 10.5. The molecule has 0 heterocycles. The lowest BCUT2D eigenvalue weighted by atomic mass is 10.1. The van der Waals surface area contributed by atoms with Crippen LogP contribution in [0.15, 0.2) is 48.2 Å². The maximum Gasteiger partial charge on any atom is 0.263 e. The van der Waals surface area contributed by atoms with E-state index in [2.05, 4.69) is 10.6 Å². The molecule has 6 nitrogen and oxygen atoms in total. The third kappa shape index (κ3) is 5.81. The van der Waals surface area contributed by atoms with E-state index >= 15 is 0 Å². The van der Waals surface area contributed by atoms with Gasteiger partial charge in [-0.3, -0.25) is 4.79 Å². The van der Waals surface area contributed by atoms with Gasteiger partial charge in [0.2, 0.25) is 0 Å². The van der Waals surface area contributed by atoms with Crippen LogP contribution in [0.4, 0.5) is 5.69 Å². The molecule has 2 N–H and O–H groups in total. The van der Waals surface area contributed by atoms with Crippen molar-refractivity contribution >= 4 is 34.8 Å². The van der Waals surface area contributed by atoms with Gasteiger partial charge >= 0.3 is 0 Å². The number of carbonyl (C=O) groups excluding carboxylic acids is 1. The number of hydrogen-bond donors (Lipinski definition) is 2. The number of amides is 1. The molecule has 0 saturated heterocycles. The van der Waals surface area contributed by atoms with Gasteiger partial charge < -0.3 is 20.1 Å². The third-order valence-corrected chi connectivity index (χ3v) is 4.36. The van der Waals surface area contributed by atoms with Crippen LogP contribution in [0.25, 0.3) is 0 Å². The molecule has 2 aromatic carbocycles. The molecule has 0 fully saturated rings. The Hall–Kier alpha value is -2.88. The van der Waals surface area contributed by atoms with Gasteiger partial charge in [-0.05, 0) is 42.3 Å². The molecular formula is C20H19Cl2N3O3. The Balaban J connectivity index is 1.94. The molecule has 8 heteroatoms. The Morgan fingerprint density at radius 3 is 2.54 bits per heavy atom. The second-order valence-electron chi connectivity index (χ2n) is 5.63. The van der Waals surface area contributed by atoms with Gasteiger partial charge in [0.15, 0.2) is 11.5 Å². The lowest BCUT2D eigenvalue weighted by Crippen LogP contribution is -2.27. The zero-order valence-corrected chi connectivity index (χ0v) is 16.9. The van der Waals surface area contributed by atoms with Crippen molar-refractivity contribution in [3.8, 4) is 17.6 Å². The summed E-state index contributed by atoms with van der Waals surface area (Å²) in [6.45, 7) is 0.356. The highest BCUT2D eigenvalue weighted by atomic mass is 35.5. The van der Waals surface area contributed by atoms with Crippen molar-refractivity contribution in [2.45, 2.75) is 6.42 Å². The molecule has 0 bridgehead atoms. The van der Waals surface area contributed by atoms with E-state index in [1.165, 1.54) is 6.20 Å². The maximum atomic E-state index is 12.2. The highest BCUT2D eigenvalue weighted by Crippen LogP contribution is 2.27. The van der Waals surface area contributed by atoms with E-state index in [9.17, 15) is 10.1 Å². The molecule has 0 atom stereocenters. The van der Waals surface area contributed by atoms with Crippen LogP contribution >= 0.6 is 23.2 Å². The molecule has 28 heavy (non-hydrogen) atoms. The average Bonchev–Trinajstić information content (AvgIpc) is 2.69. The zero-order valence-electron chi connectivity index (χ0n) is 15.4. The van der Waals surface area contributed by atoms with E-state index in [0.717, 1.165) is 5.56 Å². The van der Waals surface area contributed by atoms with Crippen molar-refractivity contribution in [1.29, 1.82) is 5.26 Å². The van der Waals surface area contributed by atoms with Crippen LogP contribution in [-0.2, 0) is 11.2 Å². The molecule has 0 saturated carbocycles. The fraction of sp³-hybridized carbons (Fsp3) is 0.200. The number of anilines is 1. The normalized spacial score (nSPS) is 10.8. The minimum Gasteiger partial charge on any atom is -0.493 e. The number of nitriles is 1. The molecule has 0 aliphatic carbocycles. The number of ether oxygens (including phenoxy) is 2.